The second-order valence-electron chi connectivity index (χ2n) is 3.57. The largest absolute Gasteiger partial charge is 0.386 e. The van der Waals surface area contributed by atoms with Crippen molar-refractivity contribution in [2.45, 2.75) is 32.0 Å². The summed E-state index contributed by atoms with van der Waals surface area (Å²) in [6.45, 7) is 6.00. The maximum atomic E-state index is 10.0. The lowest BCUT2D eigenvalue weighted by molar-refractivity contribution is -0.0255. The van der Waals surface area contributed by atoms with Crippen LogP contribution in [0.3, 0.4) is 0 Å². The minimum Gasteiger partial charge on any atom is -0.386 e. The molecular weight excluding hydrogens is 166 g/mol. The minimum atomic E-state index is -0.665. The summed E-state index contributed by atoms with van der Waals surface area (Å²) in [7, 11) is 0. The molecule has 0 radical (unpaired) electrons. The molecule has 2 N–H and O–H groups in total. The van der Waals surface area contributed by atoms with Crippen molar-refractivity contribution in [2.75, 3.05) is 19.7 Å². The molecule has 1 rings (SSSR count). The van der Waals surface area contributed by atoms with Crippen molar-refractivity contribution in [3.8, 4) is 0 Å². The Morgan fingerprint density at radius 3 is 3.00 bits per heavy atom. The molecule has 0 saturated carbocycles. The van der Waals surface area contributed by atoms with E-state index in [0.29, 0.717) is 13.2 Å². The zero-order valence-electron chi connectivity index (χ0n) is 8.42. The third-order valence-electron chi connectivity index (χ3n) is 2.59. The highest BCUT2D eigenvalue weighted by molar-refractivity contribution is 4.92. The number of rotatable bonds is 4. The van der Waals surface area contributed by atoms with Crippen LogP contribution in [0.25, 0.3) is 0 Å². The molecule has 3 nitrogen and oxygen atoms in total. The van der Waals surface area contributed by atoms with Gasteiger partial charge in [0.15, 0.2) is 0 Å². The van der Waals surface area contributed by atoms with Gasteiger partial charge < -0.3 is 15.2 Å². The highest BCUT2D eigenvalue weighted by Crippen LogP contribution is 2.24. The molecular formula is C10H19NO2. The zero-order chi connectivity index (χ0) is 9.73. The van der Waals surface area contributed by atoms with Gasteiger partial charge in [0.05, 0.1) is 6.10 Å². The molecule has 76 valence electrons. The van der Waals surface area contributed by atoms with Crippen molar-refractivity contribution in [3.63, 3.8) is 0 Å². The molecule has 0 aromatic carbocycles. The first kappa shape index (κ1) is 10.7. The summed E-state index contributed by atoms with van der Waals surface area (Å²) in [6.07, 6.45) is 4.71. The molecule has 0 spiro atoms. The first-order valence-electron chi connectivity index (χ1n) is 4.85. The second-order valence-corrected chi connectivity index (χ2v) is 3.57. The number of hydrogen-bond acceptors (Lipinski definition) is 3. The predicted molar refractivity (Wildman–Crippen MR) is 52.7 cm³/mol. The van der Waals surface area contributed by atoms with Gasteiger partial charge in [0.2, 0.25) is 0 Å². The summed E-state index contributed by atoms with van der Waals surface area (Å²) >= 11 is 0. The van der Waals surface area contributed by atoms with Crippen LogP contribution in [0.5, 0.6) is 0 Å². The number of ether oxygens (including phenoxy) is 1. The van der Waals surface area contributed by atoms with E-state index in [1.807, 2.05) is 26.0 Å². The van der Waals surface area contributed by atoms with Gasteiger partial charge >= 0.3 is 0 Å². The maximum absolute atomic E-state index is 10.0. The Morgan fingerprint density at radius 2 is 2.46 bits per heavy atom. The quantitative estimate of drug-likeness (QED) is 0.500. The van der Waals surface area contributed by atoms with E-state index in [1.54, 1.807) is 0 Å². The molecule has 1 aliphatic heterocycles. The molecule has 3 heteroatoms. The van der Waals surface area contributed by atoms with Crippen molar-refractivity contribution in [1.82, 2.24) is 5.32 Å². The molecule has 13 heavy (non-hydrogen) atoms. The third-order valence-corrected chi connectivity index (χ3v) is 2.59. The lowest BCUT2D eigenvalue weighted by Gasteiger charge is -2.25. The van der Waals surface area contributed by atoms with Crippen LogP contribution < -0.4 is 5.32 Å². The van der Waals surface area contributed by atoms with Crippen molar-refractivity contribution in [1.29, 1.82) is 0 Å². The van der Waals surface area contributed by atoms with Crippen LogP contribution in [0.1, 0.15) is 20.3 Å². The lowest BCUT2D eigenvalue weighted by atomic mass is 9.97. The van der Waals surface area contributed by atoms with Crippen molar-refractivity contribution < 1.29 is 9.84 Å². The molecule has 1 heterocycles. The molecule has 0 aliphatic carbocycles. The van der Waals surface area contributed by atoms with Crippen LogP contribution in [0.4, 0.5) is 0 Å². The summed E-state index contributed by atoms with van der Waals surface area (Å²) in [5, 5.41) is 13.2. The molecule has 2 unspecified atom stereocenters. The van der Waals surface area contributed by atoms with E-state index in [0.717, 1.165) is 13.0 Å². The fraction of sp³-hybridized carbons (Fsp3) is 0.800. The van der Waals surface area contributed by atoms with Gasteiger partial charge in [-0.25, -0.2) is 0 Å². The van der Waals surface area contributed by atoms with E-state index < -0.39 is 5.60 Å². The Hall–Kier alpha value is -0.380. The average Bonchev–Trinajstić information content (AvgIpc) is 2.42. The van der Waals surface area contributed by atoms with E-state index in [1.165, 1.54) is 0 Å². The topological polar surface area (TPSA) is 41.5 Å². The maximum Gasteiger partial charge on any atom is 0.105 e. The van der Waals surface area contributed by atoms with E-state index in [-0.39, 0.29) is 6.10 Å². The Labute approximate surface area is 79.8 Å². The number of allylic oxidation sites excluding steroid dienone is 1. The SMILES string of the molecule is C/C=C/CNCC1(O)CCOC1C. The molecule has 0 bridgehead atoms. The van der Waals surface area contributed by atoms with Gasteiger partial charge in [0, 0.05) is 26.1 Å². The van der Waals surface area contributed by atoms with Gasteiger partial charge in [-0.1, -0.05) is 12.2 Å². The number of hydrogen-bond donors (Lipinski definition) is 2. The van der Waals surface area contributed by atoms with E-state index >= 15 is 0 Å². The van der Waals surface area contributed by atoms with Gasteiger partial charge in [0.1, 0.15) is 5.60 Å². The predicted octanol–water partition coefficient (Wildman–Crippen LogP) is 0.692. The lowest BCUT2D eigenvalue weighted by Crippen LogP contribution is -2.45. The molecule has 0 aromatic heterocycles. The van der Waals surface area contributed by atoms with Crippen LogP contribution in [-0.4, -0.2) is 36.5 Å². The van der Waals surface area contributed by atoms with E-state index in [4.69, 9.17) is 4.74 Å². The molecule has 1 saturated heterocycles. The fourth-order valence-corrected chi connectivity index (χ4v) is 1.49. The van der Waals surface area contributed by atoms with Crippen LogP contribution in [0.15, 0.2) is 12.2 Å². The highest BCUT2D eigenvalue weighted by atomic mass is 16.5. The summed E-state index contributed by atoms with van der Waals surface area (Å²) < 4.78 is 5.32. The first-order valence-corrected chi connectivity index (χ1v) is 4.85. The van der Waals surface area contributed by atoms with Crippen LogP contribution >= 0.6 is 0 Å². The summed E-state index contributed by atoms with van der Waals surface area (Å²) in [6, 6.07) is 0. The summed E-state index contributed by atoms with van der Waals surface area (Å²) in [5.74, 6) is 0. The minimum absolute atomic E-state index is 0.0504. The van der Waals surface area contributed by atoms with Gasteiger partial charge in [0.25, 0.3) is 0 Å². The van der Waals surface area contributed by atoms with Crippen molar-refractivity contribution in [3.05, 3.63) is 12.2 Å². The molecule has 1 aliphatic rings. The Kier molecular flexibility index (Phi) is 3.90. The first-order chi connectivity index (χ1) is 6.19. The third kappa shape index (κ3) is 2.79. The zero-order valence-corrected chi connectivity index (χ0v) is 8.42. The standard InChI is InChI=1S/C10H19NO2/c1-3-4-6-11-8-10(12)5-7-13-9(10)2/h3-4,9,11-12H,5-8H2,1-2H3/b4-3+. The molecule has 0 aromatic rings. The van der Waals surface area contributed by atoms with Crippen molar-refractivity contribution in [2.24, 2.45) is 0 Å². The number of nitrogens with one attached hydrogen (secondary N) is 1. The van der Waals surface area contributed by atoms with Gasteiger partial charge in [-0.3, -0.25) is 0 Å². The Morgan fingerprint density at radius 1 is 1.69 bits per heavy atom. The second kappa shape index (κ2) is 4.74. The summed E-state index contributed by atoms with van der Waals surface area (Å²) in [5.41, 5.74) is -0.665. The molecule has 1 fully saturated rings. The van der Waals surface area contributed by atoms with Gasteiger partial charge in [-0.2, -0.15) is 0 Å². The smallest absolute Gasteiger partial charge is 0.105 e. The monoisotopic (exact) mass is 185 g/mol. The highest BCUT2D eigenvalue weighted by Gasteiger charge is 2.38. The van der Waals surface area contributed by atoms with Gasteiger partial charge in [-0.05, 0) is 13.8 Å². The summed E-state index contributed by atoms with van der Waals surface area (Å²) in [4.78, 5) is 0. The normalized spacial score (nSPS) is 34.5. The van der Waals surface area contributed by atoms with Gasteiger partial charge in [-0.15, -0.1) is 0 Å². The van der Waals surface area contributed by atoms with Crippen LogP contribution in [0.2, 0.25) is 0 Å². The molecule has 0 amide bonds. The number of aliphatic hydroxyl groups is 1. The Balaban J connectivity index is 2.26. The Bertz CT molecular complexity index is 182. The fourth-order valence-electron chi connectivity index (χ4n) is 1.49. The van der Waals surface area contributed by atoms with E-state index in [2.05, 4.69) is 5.32 Å². The van der Waals surface area contributed by atoms with Crippen LogP contribution in [-0.2, 0) is 4.74 Å². The average molecular weight is 185 g/mol. The van der Waals surface area contributed by atoms with Crippen molar-refractivity contribution >= 4 is 0 Å². The van der Waals surface area contributed by atoms with E-state index in [9.17, 15) is 5.11 Å². The van der Waals surface area contributed by atoms with Crippen LogP contribution in [0, 0.1) is 0 Å². The molecule has 2 atom stereocenters.